The van der Waals surface area contributed by atoms with Crippen LogP contribution in [-0.4, -0.2) is 53.0 Å². The van der Waals surface area contributed by atoms with Crippen molar-refractivity contribution in [2.75, 3.05) is 33.4 Å². The molecule has 0 atom stereocenters. The Morgan fingerprint density at radius 3 is 2.81 bits per heavy atom. The SMILES string of the molecule is CN(Cc1nccn1C)CC1(CO)COC1. The number of rotatable bonds is 5. The molecule has 1 aliphatic rings. The monoisotopic (exact) mass is 225 g/mol. The molecule has 0 bridgehead atoms. The number of imidazole rings is 1. The van der Waals surface area contributed by atoms with Gasteiger partial charge in [-0.05, 0) is 7.05 Å². The number of aliphatic hydroxyl groups is 1. The van der Waals surface area contributed by atoms with Crippen molar-refractivity contribution in [1.82, 2.24) is 14.5 Å². The lowest BCUT2D eigenvalue weighted by atomic mass is 9.86. The van der Waals surface area contributed by atoms with Crippen molar-refractivity contribution in [1.29, 1.82) is 0 Å². The lowest BCUT2D eigenvalue weighted by Gasteiger charge is -2.42. The Labute approximate surface area is 95.7 Å². The molecule has 1 fully saturated rings. The minimum atomic E-state index is -0.0556. The minimum Gasteiger partial charge on any atom is -0.396 e. The molecule has 0 unspecified atom stereocenters. The quantitative estimate of drug-likeness (QED) is 0.758. The van der Waals surface area contributed by atoms with E-state index < -0.39 is 0 Å². The van der Waals surface area contributed by atoms with Crippen LogP contribution >= 0.6 is 0 Å². The highest BCUT2D eigenvalue weighted by Gasteiger charge is 2.38. The molecule has 1 aliphatic heterocycles. The van der Waals surface area contributed by atoms with Gasteiger partial charge in [0.15, 0.2) is 0 Å². The summed E-state index contributed by atoms with van der Waals surface area (Å²) in [4.78, 5) is 6.46. The second-order valence-corrected chi connectivity index (χ2v) is 4.78. The molecule has 5 heteroatoms. The molecule has 0 aromatic carbocycles. The van der Waals surface area contributed by atoms with E-state index in [0.717, 1.165) is 18.9 Å². The number of hydrogen-bond donors (Lipinski definition) is 1. The van der Waals surface area contributed by atoms with Gasteiger partial charge in [-0.1, -0.05) is 0 Å². The standard InChI is InChI=1S/C11H19N3O2/c1-13(5-10-12-3-4-14(10)2)6-11(7-15)8-16-9-11/h3-4,15H,5-9H2,1-2H3. The first-order chi connectivity index (χ1) is 7.65. The Morgan fingerprint density at radius 2 is 2.38 bits per heavy atom. The fourth-order valence-corrected chi connectivity index (χ4v) is 2.04. The number of ether oxygens (including phenoxy) is 1. The highest BCUT2D eigenvalue weighted by Crippen LogP contribution is 2.27. The predicted molar refractivity (Wildman–Crippen MR) is 59.9 cm³/mol. The largest absolute Gasteiger partial charge is 0.396 e. The maximum absolute atomic E-state index is 9.34. The molecular formula is C11H19N3O2. The van der Waals surface area contributed by atoms with Gasteiger partial charge < -0.3 is 14.4 Å². The van der Waals surface area contributed by atoms with Crippen LogP contribution in [-0.2, 0) is 18.3 Å². The molecule has 1 N–H and O–H groups in total. The molecule has 1 aromatic rings. The summed E-state index contributed by atoms with van der Waals surface area (Å²) in [6, 6.07) is 0. The maximum Gasteiger partial charge on any atom is 0.122 e. The van der Waals surface area contributed by atoms with E-state index in [1.165, 1.54) is 0 Å². The van der Waals surface area contributed by atoms with E-state index in [4.69, 9.17) is 4.74 Å². The van der Waals surface area contributed by atoms with E-state index in [2.05, 4.69) is 9.88 Å². The van der Waals surface area contributed by atoms with Crippen molar-refractivity contribution in [3.05, 3.63) is 18.2 Å². The highest BCUT2D eigenvalue weighted by molar-refractivity contribution is 4.93. The van der Waals surface area contributed by atoms with Gasteiger partial charge in [-0.25, -0.2) is 4.98 Å². The summed E-state index contributed by atoms with van der Waals surface area (Å²) >= 11 is 0. The van der Waals surface area contributed by atoms with E-state index in [1.807, 2.05) is 24.9 Å². The first kappa shape index (κ1) is 11.6. The van der Waals surface area contributed by atoms with Crippen molar-refractivity contribution in [3.63, 3.8) is 0 Å². The summed E-state index contributed by atoms with van der Waals surface area (Å²) in [5.41, 5.74) is -0.0556. The zero-order chi connectivity index (χ0) is 11.6. The van der Waals surface area contributed by atoms with Crippen molar-refractivity contribution >= 4 is 0 Å². The second-order valence-electron chi connectivity index (χ2n) is 4.78. The van der Waals surface area contributed by atoms with Crippen LogP contribution in [0.5, 0.6) is 0 Å². The lowest BCUT2D eigenvalue weighted by Crippen LogP contribution is -2.52. The molecule has 0 saturated carbocycles. The number of aromatic nitrogens is 2. The van der Waals surface area contributed by atoms with Crippen molar-refractivity contribution in [2.45, 2.75) is 6.54 Å². The first-order valence-electron chi connectivity index (χ1n) is 5.49. The Hall–Kier alpha value is -0.910. The van der Waals surface area contributed by atoms with E-state index in [1.54, 1.807) is 6.20 Å². The molecule has 16 heavy (non-hydrogen) atoms. The van der Waals surface area contributed by atoms with Gasteiger partial charge in [0.1, 0.15) is 5.82 Å². The van der Waals surface area contributed by atoms with Crippen LogP contribution in [0.1, 0.15) is 5.82 Å². The molecule has 2 rings (SSSR count). The second kappa shape index (κ2) is 4.53. The van der Waals surface area contributed by atoms with Gasteiger partial charge in [0.25, 0.3) is 0 Å². The average molecular weight is 225 g/mol. The molecule has 5 nitrogen and oxygen atoms in total. The number of aliphatic hydroxyl groups excluding tert-OH is 1. The smallest absolute Gasteiger partial charge is 0.122 e. The van der Waals surface area contributed by atoms with Crippen LogP contribution < -0.4 is 0 Å². The van der Waals surface area contributed by atoms with Gasteiger partial charge in [-0.3, -0.25) is 4.90 Å². The number of aryl methyl sites for hydroxylation is 1. The van der Waals surface area contributed by atoms with Crippen LogP contribution in [0.25, 0.3) is 0 Å². The Bertz CT molecular complexity index is 341. The van der Waals surface area contributed by atoms with E-state index >= 15 is 0 Å². The molecule has 0 spiro atoms. The zero-order valence-electron chi connectivity index (χ0n) is 9.89. The third kappa shape index (κ3) is 2.26. The molecule has 90 valence electrons. The Morgan fingerprint density at radius 1 is 1.62 bits per heavy atom. The van der Waals surface area contributed by atoms with E-state index in [9.17, 15) is 5.11 Å². The predicted octanol–water partition coefficient (Wildman–Crippen LogP) is -0.139. The fraction of sp³-hybridized carbons (Fsp3) is 0.727. The topological polar surface area (TPSA) is 50.5 Å². The van der Waals surface area contributed by atoms with Crippen LogP contribution in [0.4, 0.5) is 0 Å². The number of hydrogen-bond acceptors (Lipinski definition) is 4. The minimum absolute atomic E-state index is 0.0556. The van der Waals surface area contributed by atoms with Crippen molar-refractivity contribution < 1.29 is 9.84 Å². The number of nitrogens with zero attached hydrogens (tertiary/aromatic N) is 3. The highest BCUT2D eigenvalue weighted by atomic mass is 16.5. The van der Waals surface area contributed by atoms with E-state index in [0.29, 0.717) is 13.2 Å². The van der Waals surface area contributed by atoms with Crippen LogP contribution in [0, 0.1) is 5.41 Å². The summed E-state index contributed by atoms with van der Waals surface area (Å²) in [6.45, 7) is 3.16. The van der Waals surface area contributed by atoms with Gasteiger partial charge in [-0.15, -0.1) is 0 Å². The Kier molecular flexibility index (Phi) is 3.28. The molecule has 1 aromatic heterocycles. The molecular weight excluding hydrogens is 206 g/mol. The van der Waals surface area contributed by atoms with Gasteiger partial charge in [0.2, 0.25) is 0 Å². The van der Waals surface area contributed by atoms with E-state index in [-0.39, 0.29) is 12.0 Å². The van der Waals surface area contributed by atoms with Gasteiger partial charge in [-0.2, -0.15) is 0 Å². The first-order valence-corrected chi connectivity index (χ1v) is 5.49. The zero-order valence-corrected chi connectivity index (χ0v) is 9.89. The van der Waals surface area contributed by atoms with Gasteiger partial charge in [0, 0.05) is 26.0 Å². The molecule has 0 aliphatic carbocycles. The van der Waals surface area contributed by atoms with Crippen molar-refractivity contribution in [3.8, 4) is 0 Å². The third-order valence-electron chi connectivity index (χ3n) is 3.09. The van der Waals surface area contributed by atoms with Gasteiger partial charge in [0.05, 0.1) is 31.8 Å². The van der Waals surface area contributed by atoms with Crippen LogP contribution in [0.2, 0.25) is 0 Å². The summed E-state index contributed by atoms with van der Waals surface area (Å²) in [5.74, 6) is 1.04. The van der Waals surface area contributed by atoms with Crippen LogP contribution in [0.15, 0.2) is 12.4 Å². The maximum atomic E-state index is 9.34. The van der Waals surface area contributed by atoms with Gasteiger partial charge >= 0.3 is 0 Å². The molecule has 2 heterocycles. The lowest BCUT2D eigenvalue weighted by molar-refractivity contribution is -0.147. The summed E-state index contributed by atoms with van der Waals surface area (Å²) in [7, 11) is 4.04. The van der Waals surface area contributed by atoms with Crippen molar-refractivity contribution in [2.24, 2.45) is 12.5 Å². The molecule has 0 radical (unpaired) electrons. The molecule has 1 saturated heterocycles. The normalized spacial score (nSPS) is 18.8. The summed E-state index contributed by atoms with van der Waals surface area (Å²) in [6.07, 6.45) is 3.74. The third-order valence-corrected chi connectivity index (χ3v) is 3.09. The summed E-state index contributed by atoms with van der Waals surface area (Å²) in [5, 5.41) is 9.34. The molecule has 0 amide bonds. The van der Waals surface area contributed by atoms with Crippen LogP contribution in [0.3, 0.4) is 0 Å². The Balaban J connectivity index is 1.89. The fourth-order valence-electron chi connectivity index (χ4n) is 2.04. The average Bonchev–Trinajstić information content (AvgIpc) is 2.58. The summed E-state index contributed by atoms with van der Waals surface area (Å²) < 4.78 is 7.19.